The normalized spacial score (nSPS) is 21.0. The van der Waals surface area contributed by atoms with Gasteiger partial charge < -0.3 is 20.3 Å². The summed E-state index contributed by atoms with van der Waals surface area (Å²) in [5.74, 6) is 3.46. The molecule has 2 aromatic heterocycles. The molecule has 1 amide bonds. The minimum Gasteiger partial charge on any atom is -0.490 e. The zero-order valence-corrected chi connectivity index (χ0v) is 26.3. The van der Waals surface area contributed by atoms with Crippen LogP contribution < -0.4 is 20.3 Å². The molecule has 4 fully saturated rings. The minimum absolute atomic E-state index is 0.0955. The summed E-state index contributed by atoms with van der Waals surface area (Å²) < 4.78 is 5.92. The number of piperidine rings is 1. The molecule has 0 spiro atoms. The van der Waals surface area contributed by atoms with Crippen LogP contribution in [0.3, 0.4) is 0 Å². The Balaban J connectivity index is 1.17. The van der Waals surface area contributed by atoms with Crippen molar-refractivity contribution in [3.63, 3.8) is 0 Å². The highest BCUT2D eigenvalue weighted by Gasteiger charge is 2.32. The third kappa shape index (κ3) is 7.42. The largest absolute Gasteiger partial charge is 0.490 e. The molecular formula is C31H43N9O2S. The Kier molecular flexibility index (Phi) is 9.34. The number of amides is 1. The lowest BCUT2D eigenvalue weighted by Crippen LogP contribution is -2.50. The zero-order valence-electron chi connectivity index (χ0n) is 25.4. The van der Waals surface area contributed by atoms with Crippen molar-refractivity contribution >= 4 is 40.8 Å². The van der Waals surface area contributed by atoms with E-state index in [2.05, 4.69) is 35.5 Å². The Morgan fingerprint density at radius 2 is 1.88 bits per heavy atom. The molecule has 2 atom stereocenters. The van der Waals surface area contributed by atoms with Crippen molar-refractivity contribution in [1.82, 2.24) is 30.0 Å². The molecule has 11 nitrogen and oxygen atoms in total. The molecule has 1 saturated carbocycles. The number of carbonyl (C=O) groups excluding carboxylic acids is 1. The number of H-pyrrole nitrogens is 1. The summed E-state index contributed by atoms with van der Waals surface area (Å²) in [7, 11) is 1.67. The highest BCUT2D eigenvalue weighted by Crippen LogP contribution is 2.39. The van der Waals surface area contributed by atoms with Gasteiger partial charge in [-0.05, 0) is 74.6 Å². The van der Waals surface area contributed by atoms with Gasteiger partial charge >= 0.3 is 0 Å². The number of methoxy groups -OCH3 is 1. The summed E-state index contributed by atoms with van der Waals surface area (Å²) in [6, 6.07) is 10.4. The zero-order chi connectivity index (χ0) is 29.8. The Morgan fingerprint density at radius 1 is 1.07 bits per heavy atom. The number of aromatic nitrogens is 4. The number of aromatic amines is 1. The quantitative estimate of drug-likeness (QED) is 0.280. The summed E-state index contributed by atoms with van der Waals surface area (Å²) in [5.41, 5.74) is 1.71. The number of ether oxygens (including phenoxy) is 1. The lowest BCUT2D eigenvalue weighted by molar-refractivity contribution is -0.114. The summed E-state index contributed by atoms with van der Waals surface area (Å²) in [6.45, 7) is 10.8. The van der Waals surface area contributed by atoms with Gasteiger partial charge in [-0.1, -0.05) is 6.42 Å². The van der Waals surface area contributed by atoms with E-state index in [1.165, 1.54) is 63.9 Å². The van der Waals surface area contributed by atoms with Crippen molar-refractivity contribution in [1.29, 1.82) is 0 Å². The molecule has 1 aliphatic carbocycles. The molecular weight excluding hydrogens is 562 g/mol. The fourth-order valence-corrected chi connectivity index (χ4v) is 7.34. The number of hydrogen-bond acceptors (Lipinski definition) is 10. The number of nitrogens with zero attached hydrogens (tertiary/aromatic N) is 6. The van der Waals surface area contributed by atoms with E-state index in [4.69, 9.17) is 14.7 Å². The summed E-state index contributed by atoms with van der Waals surface area (Å²) >= 11 is 1.47. The van der Waals surface area contributed by atoms with E-state index >= 15 is 0 Å². The van der Waals surface area contributed by atoms with E-state index in [1.807, 2.05) is 37.3 Å². The Morgan fingerprint density at radius 3 is 2.60 bits per heavy atom. The van der Waals surface area contributed by atoms with Crippen molar-refractivity contribution in [2.24, 2.45) is 5.92 Å². The summed E-state index contributed by atoms with van der Waals surface area (Å²) in [5, 5.41) is 14.1. The van der Waals surface area contributed by atoms with Gasteiger partial charge in [-0.3, -0.25) is 19.7 Å². The summed E-state index contributed by atoms with van der Waals surface area (Å²) in [6.07, 6.45) is 7.03. The molecule has 0 radical (unpaired) electrons. The second-order valence-electron chi connectivity index (χ2n) is 11.9. The molecule has 230 valence electrons. The fraction of sp³-hybridized carbons (Fsp3) is 0.548. The second-order valence-corrected chi connectivity index (χ2v) is 13.0. The first-order chi connectivity index (χ1) is 20.9. The van der Waals surface area contributed by atoms with Gasteiger partial charge in [0.05, 0.1) is 7.11 Å². The van der Waals surface area contributed by atoms with Gasteiger partial charge in [0.2, 0.25) is 11.7 Å². The first-order valence-electron chi connectivity index (χ1n) is 15.5. The third-order valence-corrected chi connectivity index (χ3v) is 9.68. The van der Waals surface area contributed by atoms with Crippen LogP contribution in [0.2, 0.25) is 0 Å². The molecule has 5 heterocycles. The maximum atomic E-state index is 11.4. The van der Waals surface area contributed by atoms with E-state index in [-0.39, 0.29) is 5.91 Å². The van der Waals surface area contributed by atoms with Crippen molar-refractivity contribution in [2.75, 3.05) is 68.5 Å². The van der Waals surface area contributed by atoms with E-state index in [1.54, 1.807) is 7.11 Å². The first-order valence-corrected chi connectivity index (χ1v) is 16.3. The van der Waals surface area contributed by atoms with E-state index < -0.39 is 0 Å². The topological polar surface area (TPSA) is 115 Å². The van der Waals surface area contributed by atoms with Gasteiger partial charge in [-0.25, -0.2) is 9.97 Å². The maximum absolute atomic E-state index is 11.4. The number of nitrogens with one attached hydrogen (secondary N) is 3. The van der Waals surface area contributed by atoms with Crippen molar-refractivity contribution in [3.05, 3.63) is 36.0 Å². The number of carbonyl (C=O) groups is 1. The van der Waals surface area contributed by atoms with Crippen LogP contribution in [0, 0.1) is 12.8 Å². The minimum atomic E-state index is -0.0955. The molecule has 3 saturated heterocycles. The monoisotopic (exact) mass is 605 g/mol. The van der Waals surface area contributed by atoms with Crippen LogP contribution in [0.4, 0.5) is 23.1 Å². The van der Waals surface area contributed by atoms with Crippen LogP contribution >= 0.6 is 11.8 Å². The lowest BCUT2D eigenvalue weighted by Gasteiger charge is -2.40. The fourth-order valence-electron chi connectivity index (χ4n) is 6.58. The van der Waals surface area contributed by atoms with Crippen LogP contribution in [0.15, 0.2) is 40.4 Å². The number of rotatable bonds is 10. The van der Waals surface area contributed by atoms with Gasteiger partial charge in [-0.2, -0.15) is 5.10 Å². The van der Waals surface area contributed by atoms with Crippen LogP contribution in [-0.4, -0.2) is 94.8 Å². The van der Waals surface area contributed by atoms with Crippen molar-refractivity contribution < 1.29 is 9.53 Å². The van der Waals surface area contributed by atoms with Crippen molar-refractivity contribution in [2.45, 2.75) is 62.0 Å². The van der Waals surface area contributed by atoms with Gasteiger partial charge in [0.1, 0.15) is 0 Å². The van der Waals surface area contributed by atoms with Crippen LogP contribution in [0.5, 0.6) is 5.75 Å². The average Bonchev–Trinajstić information content (AvgIpc) is 3.17. The molecule has 12 heteroatoms. The molecule has 2 unspecified atom stereocenters. The van der Waals surface area contributed by atoms with Crippen molar-refractivity contribution in [3.8, 4) is 5.75 Å². The molecule has 1 aromatic carbocycles. The van der Waals surface area contributed by atoms with Gasteiger partial charge in [0, 0.05) is 81.1 Å². The number of benzene rings is 1. The Hall–Kier alpha value is -3.35. The molecule has 3 N–H and O–H groups in total. The van der Waals surface area contributed by atoms with Crippen LogP contribution in [0.1, 0.15) is 44.7 Å². The maximum Gasteiger partial charge on any atom is 0.221 e. The van der Waals surface area contributed by atoms with Crippen LogP contribution in [-0.2, 0) is 4.79 Å². The second kappa shape index (κ2) is 13.5. The highest BCUT2D eigenvalue weighted by molar-refractivity contribution is 7.99. The third-order valence-electron chi connectivity index (χ3n) is 8.81. The standard InChI is InChI=1S/C31H43N9O2S/c1-21-19-27(37-36-21)33-29-28(42-3)30(35-31(34-29)43-26-11-8-24(9-12-26)32-22(2)41)39-16-13-38(14-17-39)15-18-40-20-23-5-4-6-25(40)10-7-23/h8-9,11-12,19,23,25H,4-7,10,13-18,20H2,1-3H3,(H,32,41)(H2,33,34,35,36,37). The molecule has 43 heavy (non-hydrogen) atoms. The smallest absolute Gasteiger partial charge is 0.221 e. The van der Waals surface area contributed by atoms with E-state index in [9.17, 15) is 4.79 Å². The molecule has 3 aromatic rings. The molecule has 4 aliphatic rings. The predicted molar refractivity (Wildman–Crippen MR) is 171 cm³/mol. The van der Waals surface area contributed by atoms with Gasteiger partial charge in [0.25, 0.3) is 0 Å². The van der Waals surface area contributed by atoms with Gasteiger partial charge in [0.15, 0.2) is 22.6 Å². The SMILES string of the molecule is COc1c(Nc2cc(C)[nH]n2)nc(Sc2ccc(NC(C)=O)cc2)nc1N1CCN(CCN2CC3CCCC2CC3)CC1. The predicted octanol–water partition coefficient (Wildman–Crippen LogP) is 4.76. The molecule has 7 rings (SSSR count). The number of aryl methyl sites for hydroxylation is 1. The number of hydrogen-bond donors (Lipinski definition) is 3. The molecule has 3 aliphatic heterocycles. The Bertz CT molecular complexity index is 1390. The number of anilines is 4. The van der Waals surface area contributed by atoms with Crippen LogP contribution in [0.25, 0.3) is 0 Å². The number of fused-ring (bicyclic) bond motifs is 4. The molecule has 2 bridgehead atoms. The first kappa shape index (κ1) is 29.7. The van der Waals surface area contributed by atoms with E-state index in [0.717, 1.165) is 66.8 Å². The lowest BCUT2D eigenvalue weighted by atomic mass is 9.95. The average molecular weight is 606 g/mol. The number of piperazine rings is 1. The Labute approximate surface area is 258 Å². The summed E-state index contributed by atoms with van der Waals surface area (Å²) in [4.78, 5) is 29.9. The van der Waals surface area contributed by atoms with Gasteiger partial charge in [-0.15, -0.1) is 0 Å². The van der Waals surface area contributed by atoms with E-state index in [0.29, 0.717) is 22.5 Å². The highest BCUT2D eigenvalue weighted by atomic mass is 32.2.